The Hall–Kier alpha value is -2.17. The van der Waals surface area contributed by atoms with E-state index in [1.165, 1.54) is 16.4 Å². The predicted molar refractivity (Wildman–Crippen MR) is 136 cm³/mol. The molecule has 0 radical (unpaired) electrons. The second-order valence-electron chi connectivity index (χ2n) is 7.30. The molecule has 1 N–H and O–H groups in total. The van der Waals surface area contributed by atoms with Gasteiger partial charge in [-0.3, -0.25) is 0 Å². The lowest BCUT2D eigenvalue weighted by Gasteiger charge is -2.18. The average molecular weight is 569 g/mol. The summed E-state index contributed by atoms with van der Waals surface area (Å²) < 4.78 is 29.3. The summed E-state index contributed by atoms with van der Waals surface area (Å²) >= 11 is 15.7. The summed E-state index contributed by atoms with van der Waals surface area (Å²) in [5.41, 5.74) is 2.17. The van der Waals surface area contributed by atoms with E-state index >= 15 is 0 Å². The largest absolute Gasteiger partial charge is 0.370 e. The van der Waals surface area contributed by atoms with E-state index < -0.39 is 10.0 Å². The maximum Gasteiger partial charge on any atom is 0.242 e. The summed E-state index contributed by atoms with van der Waals surface area (Å²) in [6.45, 7) is 0.866. The Morgan fingerprint density at radius 3 is 2.58 bits per heavy atom. The van der Waals surface area contributed by atoms with Crippen molar-refractivity contribution in [3.05, 3.63) is 75.3 Å². The van der Waals surface area contributed by atoms with Gasteiger partial charge < -0.3 is 5.32 Å². The maximum absolute atomic E-state index is 12.7. The molecule has 11 heteroatoms. The van der Waals surface area contributed by atoms with Crippen LogP contribution in [0.4, 0.5) is 5.82 Å². The minimum absolute atomic E-state index is 0.212. The highest BCUT2D eigenvalue weighted by molar-refractivity contribution is 9.10. The number of halogens is 3. The lowest BCUT2D eigenvalue weighted by molar-refractivity contribution is 0.465. The third-order valence-electron chi connectivity index (χ3n) is 5.06. The molecule has 2 heterocycles. The van der Waals surface area contributed by atoms with E-state index in [0.717, 1.165) is 15.9 Å². The number of hydrogen-bond acceptors (Lipinski definition) is 5. The number of anilines is 1. The fourth-order valence-electron chi connectivity index (χ4n) is 3.29. The van der Waals surface area contributed by atoms with Gasteiger partial charge in [0, 0.05) is 41.8 Å². The van der Waals surface area contributed by atoms with Crippen LogP contribution in [0.25, 0.3) is 16.9 Å². The molecule has 0 aliphatic rings. The zero-order valence-corrected chi connectivity index (χ0v) is 21.5. The molecule has 4 rings (SSSR count). The summed E-state index contributed by atoms with van der Waals surface area (Å²) in [6.07, 6.45) is 2.26. The highest BCUT2D eigenvalue weighted by Crippen LogP contribution is 2.30. The van der Waals surface area contributed by atoms with Crippen molar-refractivity contribution < 1.29 is 8.42 Å². The van der Waals surface area contributed by atoms with Crippen molar-refractivity contribution >= 4 is 60.6 Å². The molecule has 4 aromatic rings. The molecule has 0 spiro atoms. The van der Waals surface area contributed by atoms with Gasteiger partial charge in [0.05, 0.1) is 21.3 Å². The van der Waals surface area contributed by atoms with Crippen LogP contribution >= 0.6 is 39.1 Å². The minimum Gasteiger partial charge on any atom is -0.370 e. The van der Waals surface area contributed by atoms with Gasteiger partial charge in [0.25, 0.3) is 0 Å². The molecule has 0 fully saturated rings. The summed E-state index contributed by atoms with van der Waals surface area (Å²) in [6, 6.07) is 15.5. The van der Waals surface area contributed by atoms with E-state index in [-0.39, 0.29) is 4.90 Å². The highest BCUT2D eigenvalue weighted by atomic mass is 79.9. The van der Waals surface area contributed by atoms with Crippen molar-refractivity contribution in [2.75, 3.05) is 25.5 Å². The zero-order valence-electron chi connectivity index (χ0n) is 17.5. The number of nitrogens with one attached hydrogen (secondary N) is 1. The number of benzene rings is 2. The molecule has 7 nitrogen and oxygen atoms in total. The van der Waals surface area contributed by atoms with Crippen LogP contribution in [0.3, 0.4) is 0 Å². The van der Waals surface area contributed by atoms with Gasteiger partial charge in [0.2, 0.25) is 10.0 Å². The number of fused-ring (bicyclic) bond motifs is 1. The predicted octanol–water partition coefficient (Wildman–Crippen LogP) is 5.59. The van der Waals surface area contributed by atoms with Crippen LogP contribution in [-0.2, 0) is 10.0 Å². The van der Waals surface area contributed by atoms with E-state index in [9.17, 15) is 8.42 Å². The van der Waals surface area contributed by atoms with Gasteiger partial charge in [-0.05, 0) is 52.7 Å². The highest BCUT2D eigenvalue weighted by Gasteiger charge is 2.20. The van der Waals surface area contributed by atoms with Crippen LogP contribution in [0.1, 0.15) is 6.42 Å². The smallest absolute Gasteiger partial charge is 0.242 e. The lowest BCUT2D eigenvalue weighted by Crippen LogP contribution is -2.29. The van der Waals surface area contributed by atoms with Crippen molar-refractivity contribution in [3.8, 4) is 11.3 Å². The van der Waals surface area contributed by atoms with E-state index in [1.54, 1.807) is 29.9 Å². The topological polar surface area (TPSA) is 79.6 Å². The Labute approximate surface area is 210 Å². The summed E-state index contributed by atoms with van der Waals surface area (Å²) in [4.78, 5) is 4.90. The van der Waals surface area contributed by atoms with Crippen molar-refractivity contribution in [3.63, 3.8) is 0 Å². The normalized spacial score (nSPS) is 11.9. The second kappa shape index (κ2) is 9.99. The van der Waals surface area contributed by atoms with Gasteiger partial charge in [0.1, 0.15) is 5.82 Å². The van der Waals surface area contributed by atoms with Crippen LogP contribution < -0.4 is 5.32 Å². The Bertz CT molecular complexity index is 1390. The van der Waals surface area contributed by atoms with Crippen LogP contribution in [0.2, 0.25) is 10.0 Å². The van der Waals surface area contributed by atoms with Crippen LogP contribution in [-0.4, -0.2) is 47.5 Å². The molecule has 0 saturated heterocycles. The van der Waals surface area contributed by atoms with Crippen molar-refractivity contribution in [2.45, 2.75) is 11.3 Å². The van der Waals surface area contributed by atoms with Gasteiger partial charge in [-0.1, -0.05) is 41.4 Å². The molecule has 0 amide bonds. The molecule has 33 heavy (non-hydrogen) atoms. The molecule has 2 aromatic carbocycles. The molecular formula is C22H20BrCl2N5O2S. The summed E-state index contributed by atoms with van der Waals surface area (Å²) in [5, 5.41) is 8.81. The van der Waals surface area contributed by atoms with Crippen molar-refractivity contribution in [2.24, 2.45) is 0 Å². The number of sulfonamides is 1. The van der Waals surface area contributed by atoms with Crippen LogP contribution in [0, 0.1) is 0 Å². The average Bonchev–Trinajstić information content (AvgIpc) is 3.18. The Balaban J connectivity index is 1.48. The minimum atomic E-state index is -3.58. The lowest BCUT2D eigenvalue weighted by atomic mass is 10.1. The zero-order chi connectivity index (χ0) is 23.6. The third kappa shape index (κ3) is 5.17. The summed E-state index contributed by atoms with van der Waals surface area (Å²) in [7, 11) is -2.02. The molecule has 2 aromatic heterocycles. The first-order chi connectivity index (χ1) is 15.8. The molecule has 0 atom stereocenters. The number of hydrogen-bond donors (Lipinski definition) is 1. The van der Waals surface area contributed by atoms with Crippen molar-refractivity contribution in [1.29, 1.82) is 0 Å². The molecule has 172 valence electrons. The van der Waals surface area contributed by atoms with Gasteiger partial charge in [0.15, 0.2) is 5.65 Å². The second-order valence-corrected chi connectivity index (χ2v) is 11.0. The van der Waals surface area contributed by atoms with Gasteiger partial charge >= 0.3 is 0 Å². The van der Waals surface area contributed by atoms with E-state index in [4.69, 9.17) is 23.2 Å². The van der Waals surface area contributed by atoms with Gasteiger partial charge in [-0.2, -0.15) is 9.61 Å². The quantitative estimate of drug-likeness (QED) is 0.280. The molecule has 0 saturated carbocycles. The van der Waals surface area contributed by atoms with Crippen LogP contribution in [0.5, 0.6) is 0 Å². The third-order valence-corrected chi connectivity index (χ3v) is 8.07. The van der Waals surface area contributed by atoms with E-state index in [2.05, 4.69) is 31.3 Å². The van der Waals surface area contributed by atoms with E-state index in [0.29, 0.717) is 40.9 Å². The Morgan fingerprint density at radius 1 is 1.12 bits per heavy atom. The van der Waals surface area contributed by atoms with Crippen molar-refractivity contribution in [1.82, 2.24) is 18.9 Å². The van der Waals surface area contributed by atoms with E-state index in [1.807, 2.05) is 30.3 Å². The standard InChI is InChI=1S/C22H20BrCl2N5O2S/c1-29(33(31,32)16-9-7-15(24)8-10-16)12-4-11-26-21-13-20(17-5-2-3-6-19(17)25)28-22-18(23)14-27-30(21)22/h2-3,5-10,13-14,26H,4,11-12H2,1H3. The molecule has 0 unspecified atom stereocenters. The molecular weight excluding hydrogens is 549 g/mol. The fraction of sp³-hybridized carbons (Fsp3) is 0.182. The first-order valence-electron chi connectivity index (χ1n) is 10.0. The fourth-order valence-corrected chi connectivity index (χ4v) is 5.21. The Morgan fingerprint density at radius 2 is 1.85 bits per heavy atom. The first-order valence-corrected chi connectivity index (χ1v) is 13.0. The van der Waals surface area contributed by atoms with Gasteiger partial charge in [-0.25, -0.2) is 17.7 Å². The SMILES string of the molecule is CN(CCCNc1cc(-c2ccccc2Cl)nc2c(Br)cnn12)S(=O)(=O)c1ccc(Cl)cc1. The first kappa shape index (κ1) is 24.0. The summed E-state index contributed by atoms with van der Waals surface area (Å²) in [5.74, 6) is 0.726. The monoisotopic (exact) mass is 567 g/mol. The molecule has 0 aliphatic heterocycles. The number of aromatic nitrogens is 3. The maximum atomic E-state index is 12.7. The van der Waals surface area contributed by atoms with Gasteiger partial charge in [-0.15, -0.1) is 0 Å². The molecule has 0 bridgehead atoms. The Kier molecular flexibility index (Phi) is 7.25. The molecule has 0 aliphatic carbocycles. The van der Waals surface area contributed by atoms with Crippen LogP contribution in [0.15, 0.2) is 70.2 Å². The number of nitrogens with zero attached hydrogens (tertiary/aromatic N) is 4. The number of rotatable bonds is 8.